The quantitative estimate of drug-likeness (QED) is 0.284. The molecule has 0 spiro atoms. The van der Waals surface area contributed by atoms with Gasteiger partial charge < -0.3 is 19.7 Å². The van der Waals surface area contributed by atoms with Crippen LogP contribution in [0.1, 0.15) is 66.4 Å². The molecule has 4 heterocycles. The minimum Gasteiger partial charge on any atom is -0.339 e. The fourth-order valence-electron chi connectivity index (χ4n) is 7.33. The lowest BCUT2D eigenvalue weighted by atomic mass is 9.84. The van der Waals surface area contributed by atoms with Gasteiger partial charge in [-0.15, -0.1) is 0 Å². The number of hydrogen-bond acceptors (Lipinski definition) is 5. The molecule has 1 saturated carbocycles. The number of likely N-dealkylation sites (tertiary alicyclic amines) is 1. The molecule has 1 aromatic carbocycles. The zero-order chi connectivity index (χ0) is 32.4. The second kappa shape index (κ2) is 11.5. The monoisotopic (exact) mass is 627 g/mol. The number of carbonyl (C=O) groups excluding carboxylic acids is 3. The Hall–Kier alpha value is -3.80. The van der Waals surface area contributed by atoms with E-state index in [4.69, 9.17) is 0 Å². The highest BCUT2D eigenvalue weighted by Gasteiger charge is 2.52. The number of fused-ring (bicyclic) bond motifs is 2. The van der Waals surface area contributed by atoms with Crippen LogP contribution in [0.4, 0.5) is 17.6 Å². The van der Waals surface area contributed by atoms with Gasteiger partial charge in [0.1, 0.15) is 12.4 Å². The molecule has 12 heteroatoms. The van der Waals surface area contributed by atoms with Crippen LogP contribution in [0.3, 0.4) is 0 Å². The van der Waals surface area contributed by atoms with Crippen molar-refractivity contribution in [2.45, 2.75) is 71.3 Å². The van der Waals surface area contributed by atoms with E-state index in [1.54, 1.807) is 23.8 Å². The Morgan fingerprint density at radius 3 is 2.53 bits per heavy atom. The first kappa shape index (κ1) is 31.2. The number of piperidine rings is 2. The predicted octanol–water partition coefficient (Wildman–Crippen LogP) is 5.30. The van der Waals surface area contributed by atoms with Crippen LogP contribution in [-0.4, -0.2) is 80.9 Å². The second-order valence-electron chi connectivity index (χ2n) is 13.0. The van der Waals surface area contributed by atoms with Gasteiger partial charge in [0.05, 0.1) is 29.0 Å². The maximum atomic E-state index is 14.6. The van der Waals surface area contributed by atoms with Crippen molar-refractivity contribution in [3.05, 3.63) is 59.3 Å². The van der Waals surface area contributed by atoms with Gasteiger partial charge in [-0.05, 0) is 89.6 Å². The fraction of sp³-hybridized carbons (Fsp3) is 0.515. The molecule has 2 aliphatic heterocycles. The average molecular weight is 628 g/mol. The number of halogens is 4. The van der Waals surface area contributed by atoms with Crippen LogP contribution >= 0.6 is 0 Å². The van der Waals surface area contributed by atoms with Gasteiger partial charge in [0.15, 0.2) is 5.78 Å². The van der Waals surface area contributed by atoms with E-state index in [2.05, 4.69) is 10.3 Å². The Kier molecular flexibility index (Phi) is 7.99. The molecule has 8 nitrogen and oxygen atoms in total. The first-order valence-electron chi connectivity index (χ1n) is 15.5. The zero-order valence-corrected chi connectivity index (χ0v) is 25.7. The number of amides is 2. The molecule has 240 valence electrons. The van der Waals surface area contributed by atoms with E-state index in [9.17, 15) is 31.9 Å². The summed E-state index contributed by atoms with van der Waals surface area (Å²) in [5.41, 5.74) is 1.26. The van der Waals surface area contributed by atoms with Crippen LogP contribution in [-0.2, 0) is 4.79 Å². The SMILES string of the molecule is Cc1c(C(=O)[C@H]2CCN(C(=O)[C@H]3NC[C@@H]4C[C@@H]43)[C@H](C)C2)c2ccncc2n1-c1ccc(F)cc1C(=O)N(CC(F)(F)F)C(C)C. The first-order chi connectivity index (χ1) is 21.3. The molecular formula is C33H37F4N5O3. The summed E-state index contributed by atoms with van der Waals surface area (Å²) in [7, 11) is 0. The fourth-order valence-corrected chi connectivity index (χ4v) is 7.33. The largest absolute Gasteiger partial charge is 0.406 e. The standard InChI is InChI=1S/C33H37F4N5O3/c1-17(2)41(16-33(35,36)37)31(44)25-13-22(34)5-6-26(25)42-19(4)28(23-7-9-38-15-27(23)42)30(43)20-8-10-40(18(3)11-20)32(45)29-24-12-21(24)14-39-29/h5-7,9,13,15,17-18,20-21,24,29,39H,8,10-12,14,16H2,1-4H3/t18-,20+,21+,24+,29+/m1/s1. The van der Waals surface area contributed by atoms with Crippen LogP contribution in [0.5, 0.6) is 0 Å². The lowest BCUT2D eigenvalue weighted by molar-refractivity contribution is -0.143. The van der Waals surface area contributed by atoms with Crippen molar-refractivity contribution in [1.82, 2.24) is 24.7 Å². The van der Waals surface area contributed by atoms with Crippen molar-refractivity contribution >= 4 is 28.5 Å². The highest BCUT2D eigenvalue weighted by molar-refractivity contribution is 6.11. The van der Waals surface area contributed by atoms with Crippen LogP contribution in [0.15, 0.2) is 36.7 Å². The van der Waals surface area contributed by atoms with Crippen molar-refractivity contribution in [3.8, 4) is 5.69 Å². The summed E-state index contributed by atoms with van der Waals surface area (Å²) in [5.74, 6) is -1.12. The smallest absolute Gasteiger partial charge is 0.339 e. The minimum atomic E-state index is -4.65. The number of pyridine rings is 1. The molecule has 0 radical (unpaired) electrons. The molecule has 1 N–H and O–H groups in total. The number of nitrogens with zero attached hydrogens (tertiary/aromatic N) is 4. The van der Waals surface area contributed by atoms with Crippen molar-refractivity contribution in [1.29, 1.82) is 0 Å². The minimum absolute atomic E-state index is 0.103. The molecule has 1 aliphatic carbocycles. The summed E-state index contributed by atoms with van der Waals surface area (Å²) in [6.07, 6.45) is 0.490. The summed E-state index contributed by atoms with van der Waals surface area (Å²) in [4.78, 5) is 47.9. The van der Waals surface area contributed by atoms with Crippen LogP contribution in [0.25, 0.3) is 16.6 Å². The molecule has 5 atom stereocenters. The van der Waals surface area contributed by atoms with Crippen molar-refractivity contribution in [2.24, 2.45) is 17.8 Å². The molecule has 3 aromatic rings. The predicted molar refractivity (Wildman–Crippen MR) is 160 cm³/mol. The number of nitrogens with one attached hydrogen (secondary N) is 1. The zero-order valence-electron chi connectivity index (χ0n) is 25.7. The van der Waals surface area contributed by atoms with E-state index in [1.807, 2.05) is 11.8 Å². The molecule has 0 bridgehead atoms. The lowest BCUT2D eigenvalue weighted by Gasteiger charge is -2.38. The summed E-state index contributed by atoms with van der Waals surface area (Å²) in [6.45, 7) is 6.45. The van der Waals surface area contributed by atoms with Crippen molar-refractivity contribution in [2.75, 3.05) is 19.6 Å². The van der Waals surface area contributed by atoms with Crippen LogP contribution < -0.4 is 5.32 Å². The molecule has 2 aromatic heterocycles. The topological polar surface area (TPSA) is 87.5 Å². The molecule has 45 heavy (non-hydrogen) atoms. The van der Waals surface area contributed by atoms with E-state index in [0.29, 0.717) is 58.3 Å². The number of ketones is 1. The van der Waals surface area contributed by atoms with Crippen molar-refractivity contribution in [3.63, 3.8) is 0 Å². The Balaban J connectivity index is 1.34. The van der Waals surface area contributed by atoms with Gasteiger partial charge in [-0.2, -0.15) is 13.2 Å². The van der Waals surface area contributed by atoms with Crippen molar-refractivity contribution < 1.29 is 31.9 Å². The number of hydrogen-bond donors (Lipinski definition) is 1. The van der Waals surface area contributed by atoms with Gasteiger partial charge in [-0.3, -0.25) is 19.4 Å². The summed E-state index contributed by atoms with van der Waals surface area (Å²) in [6, 6.07) is 4.02. The molecule has 2 amide bonds. The number of carbonyl (C=O) groups is 3. The average Bonchev–Trinajstić information content (AvgIpc) is 3.54. The van der Waals surface area contributed by atoms with E-state index in [1.165, 1.54) is 26.1 Å². The second-order valence-corrected chi connectivity index (χ2v) is 13.0. The van der Waals surface area contributed by atoms with E-state index < -0.39 is 30.5 Å². The third-order valence-corrected chi connectivity index (χ3v) is 9.72. The number of Topliss-reactive ketones (excluding diaryl/α,β-unsaturated/α-hetero) is 1. The Labute approximate surface area is 258 Å². The van der Waals surface area contributed by atoms with Gasteiger partial charge in [-0.1, -0.05) is 0 Å². The van der Waals surface area contributed by atoms with Gasteiger partial charge in [0, 0.05) is 47.4 Å². The number of benzene rings is 1. The van der Waals surface area contributed by atoms with Gasteiger partial charge in [-0.25, -0.2) is 4.39 Å². The molecule has 3 aliphatic rings. The van der Waals surface area contributed by atoms with E-state index in [0.717, 1.165) is 25.1 Å². The highest BCUT2D eigenvalue weighted by Crippen LogP contribution is 2.46. The molecule has 6 rings (SSSR count). The number of alkyl halides is 3. The highest BCUT2D eigenvalue weighted by atomic mass is 19.4. The van der Waals surface area contributed by atoms with E-state index >= 15 is 0 Å². The maximum absolute atomic E-state index is 14.6. The van der Waals surface area contributed by atoms with Crippen LogP contribution in [0, 0.1) is 30.5 Å². The normalized spacial score (nSPS) is 24.6. The Morgan fingerprint density at radius 1 is 1.16 bits per heavy atom. The Morgan fingerprint density at radius 2 is 1.91 bits per heavy atom. The lowest BCUT2D eigenvalue weighted by Crippen LogP contribution is -2.52. The summed E-state index contributed by atoms with van der Waals surface area (Å²) >= 11 is 0. The molecule has 3 fully saturated rings. The maximum Gasteiger partial charge on any atom is 0.406 e. The number of aromatic nitrogens is 2. The first-order valence-corrected chi connectivity index (χ1v) is 15.5. The van der Waals surface area contributed by atoms with E-state index in [-0.39, 0.29) is 40.9 Å². The number of rotatable bonds is 7. The van der Waals surface area contributed by atoms with Crippen LogP contribution in [0.2, 0.25) is 0 Å². The Bertz CT molecular complexity index is 1670. The molecule has 2 saturated heterocycles. The third kappa shape index (κ3) is 5.73. The molecular weight excluding hydrogens is 590 g/mol. The van der Waals surface area contributed by atoms with Gasteiger partial charge in [0.25, 0.3) is 5.91 Å². The summed E-state index contributed by atoms with van der Waals surface area (Å²) < 4.78 is 56.5. The van der Waals surface area contributed by atoms with Gasteiger partial charge >= 0.3 is 6.18 Å². The third-order valence-electron chi connectivity index (χ3n) is 9.72. The summed E-state index contributed by atoms with van der Waals surface area (Å²) in [5, 5.41) is 3.92. The van der Waals surface area contributed by atoms with Gasteiger partial charge in [0.2, 0.25) is 5.91 Å². The molecule has 0 unspecified atom stereocenters.